The number of nitro groups is 1. The third-order valence-corrected chi connectivity index (χ3v) is 5.48. The van der Waals surface area contributed by atoms with E-state index in [0.717, 1.165) is 42.4 Å². The van der Waals surface area contributed by atoms with Crippen molar-refractivity contribution in [3.05, 3.63) is 52.1 Å². The van der Waals surface area contributed by atoms with E-state index in [4.69, 9.17) is 0 Å². The first-order chi connectivity index (χ1) is 11.9. The maximum Gasteiger partial charge on any atom is 0.294 e. The molecule has 0 fully saturated rings. The number of hydrogen-bond donors (Lipinski definition) is 3. The lowest BCUT2D eigenvalue weighted by Crippen LogP contribution is -2.18. The van der Waals surface area contributed by atoms with Gasteiger partial charge in [0.05, 0.1) is 9.82 Å². The Morgan fingerprint density at radius 2 is 2.00 bits per heavy atom. The van der Waals surface area contributed by atoms with Gasteiger partial charge in [-0.05, 0) is 55.8 Å². The molecule has 0 radical (unpaired) electrons. The number of nitrogens with zero attached hydrogens (tertiary/aromatic N) is 1. The number of anilines is 3. The number of nitrogens with one attached hydrogen (secondary N) is 3. The molecule has 0 amide bonds. The van der Waals surface area contributed by atoms with Crippen LogP contribution in [-0.4, -0.2) is 26.9 Å². The van der Waals surface area contributed by atoms with Gasteiger partial charge in [-0.25, -0.2) is 13.1 Å². The first-order valence-corrected chi connectivity index (χ1v) is 9.25. The molecule has 0 aromatic heterocycles. The molecule has 1 aliphatic rings. The molecule has 0 bridgehead atoms. The number of hydrogen-bond acceptors (Lipinski definition) is 6. The summed E-state index contributed by atoms with van der Waals surface area (Å²) >= 11 is 0. The van der Waals surface area contributed by atoms with Crippen LogP contribution >= 0.6 is 0 Å². The first-order valence-electron chi connectivity index (χ1n) is 7.76. The number of aryl methyl sites for hydroxylation is 1. The molecular weight excluding hydrogens is 344 g/mol. The second kappa shape index (κ2) is 6.69. The molecule has 0 spiro atoms. The fourth-order valence-electron chi connectivity index (χ4n) is 2.76. The first kappa shape index (κ1) is 17.2. The van der Waals surface area contributed by atoms with Crippen LogP contribution in [0.15, 0.2) is 41.3 Å². The molecule has 0 aliphatic carbocycles. The van der Waals surface area contributed by atoms with Crippen molar-refractivity contribution in [2.24, 2.45) is 0 Å². The summed E-state index contributed by atoms with van der Waals surface area (Å²) < 4.78 is 25.8. The molecule has 0 saturated heterocycles. The number of rotatable bonds is 5. The standard InChI is InChI=1S/C16H18N4O4S/c1-17-25(23,24)13-5-7-15(16(10-13)20(21)22)19-12-4-6-14-11(9-12)3-2-8-18-14/h4-7,9-10,17-19H,2-3,8H2,1H3. The fraction of sp³-hybridized carbons (Fsp3) is 0.250. The monoisotopic (exact) mass is 362 g/mol. The molecule has 9 heteroatoms. The van der Waals surface area contributed by atoms with E-state index in [1.165, 1.54) is 19.2 Å². The van der Waals surface area contributed by atoms with E-state index >= 15 is 0 Å². The molecule has 0 saturated carbocycles. The molecule has 0 unspecified atom stereocenters. The van der Waals surface area contributed by atoms with E-state index < -0.39 is 14.9 Å². The van der Waals surface area contributed by atoms with Crippen LogP contribution in [0.2, 0.25) is 0 Å². The van der Waals surface area contributed by atoms with Crippen molar-refractivity contribution in [2.45, 2.75) is 17.7 Å². The van der Waals surface area contributed by atoms with Crippen molar-refractivity contribution in [1.29, 1.82) is 0 Å². The lowest BCUT2D eigenvalue weighted by atomic mass is 10.0. The third-order valence-electron chi connectivity index (χ3n) is 4.07. The summed E-state index contributed by atoms with van der Waals surface area (Å²) in [5.74, 6) is 0. The normalized spacial score (nSPS) is 13.6. The van der Waals surface area contributed by atoms with E-state index in [1.54, 1.807) is 0 Å². The molecule has 1 heterocycles. The maximum atomic E-state index is 11.8. The smallest absolute Gasteiger partial charge is 0.294 e. The van der Waals surface area contributed by atoms with Crippen LogP contribution in [0.25, 0.3) is 0 Å². The minimum atomic E-state index is -3.75. The Kier molecular flexibility index (Phi) is 4.60. The Labute approximate surface area is 145 Å². The molecule has 8 nitrogen and oxygen atoms in total. The largest absolute Gasteiger partial charge is 0.385 e. The molecule has 2 aromatic rings. The van der Waals surface area contributed by atoms with Crippen LogP contribution in [-0.2, 0) is 16.4 Å². The highest BCUT2D eigenvalue weighted by atomic mass is 32.2. The Balaban J connectivity index is 1.96. The van der Waals surface area contributed by atoms with Gasteiger partial charge in [-0.3, -0.25) is 10.1 Å². The van der Waals surface area contributed by atoms with Crippen LogP contribution in [0.1, 0.15) is 12.0 Å². The lowest BCUT2D eigenvalue weighted by molar-refractivity contribution is -0.384. The number of benzene rings is 2. The van der Waals surface area contributed by atoms with Gasteiger partial charge in [0.1, 0.15) is 5.69 Å². The maximum absolute atomic E-state index is 11.8. The van der Waals surface area contributed by atoms with Crippen molar-refractivity contribution < 1.29 is 13.3 Å². The zero-order valence-electron chi connectivity index (χ0n) is 13.6. The highest BCUT2D eigenvalue weighted by Gasteiger charge is 2.21. The molecular formula is C16H18N4O4S. The predicted molar refractivity (Wildman–Crippen MR) is 95.9 cm³/mol. The summed E-state index contributed by atoms with van der Waals surface area (Å²) in [6, 6.07) is 9.50. The van der Waals surface area contributed by atoms with Gasteiger partial charge in [0.25, 0.3) is 5.69 Å². The van der Waals surface area contributed by atoms with Crippen molar-refractivity contribution in [3.8, 4) is 0 Å². The quantitative estimate of drug-likeness (QED) is 0.556. The molecule has 3 N–H and O–H groups in total. The van der Waals surface area contributed by atoms with Crippen LogP contribution in [0, 0.1) is 10.1 Å². The summed E-state index contributed by atoms with van der Waals surface area (Å²) in [6.07, 6.45) is 1.98. The van der Waals surface area contributed by atoms with Crippen molar-refractivity contribution >= 4 is 32.8 Å². The predicted octanol–water partition coefficient (Wildman–Crippen LogP) is 2.60. The second-order valence-corrected chi connectivity index (χ2v) is 7.56. The van der Waals surface area contributed by atoms with Crippen molar-refractivity contribution in [2.75, 3.05) is 24.2 Å². The number of fused-ring (bicyclic) bond motifs is 1. The van der Waals surface area contributed by atoms with E-state index in [2.05, 4.69) is 15.4 Å². The van der Waals surface area contributed by atoms with Crippen LogP contribution in [0.4, 0.5) is 22.7 Å². The zero-order chi connectivity index (χ0) is 18.0. The number of sulfonamides is 1. The fourth-order valence-corrected chi connectivity index (χ4v) is 3.51. The minimum absolute atomic E-state index is 0.151. The molecule has 1 aliphatic heterocycles. The summed E-state index contributed by atoms with van der Waals surface area (Å²) in [4.78, 5) is 10.6. The lowest BCUT2D eigenvalue weighted by Gasteiger charge is -2.19. The highest BCUT2D eigenvalue weighted by Crippen LogP contribution is 2.32. The molecule has 0 atom stereocenters. The summed E-state index contributed by atoms with van der Waals surface area (Å²) in [5.41, 5.74) is 2.88. The number of nitro benzene ring substituents is 1. The zero-order valence-corrected chi connectivity index (χ0v) is 14.4. The van der Waals surface area contributed by atoms with Gasteiger partial charge in [0.2, 0.25) is 10.0 Å². The van der Waals surface area contributed by atoms with Gasteiger partial charge >= 0.3 is 0 Å². The van der Waals surface area contributed by atoms with Crippen LogP contribution < -0.4 is 15.4 Å². The Hall–Kier alpha value is -2.65. The Morgan fingerprint density at radius 3 is 2.72 bits per heavy atom. The van der Waals surface area contributed by atoms with Crippen LogP contribution in [0.3, 0.4) is 0 Å². The summed E-state index contributed by atoms with van der Waals surface area (Å²) in [5, 5.41) is 17.7. The molecule has 2 aromatic carbocycles. The Morgan fingerprint density at radius 1 is 1.20 bits per heavy atom. The average molecular weight is 362 g/mol. The third kappa shape index (κ3) is 3.57. The molecule has 3 rings (SSSR count). The van der Waals surface area contributed by atoms with Gasteiger partial charge in [-0.15, -0.1) is 0 Å². The Bertz CT molecular complexity index is 928. The second-order valence-electron chi connectivity index (χ2n) is 5.67. The molecule has 132 valence electrons. The van der Waals surface area contributed by atoms with Gasteiger partial charge in [-0.2, -0.15) is 0 Å². The van der Waals surface area contributed by atoms with Gasteiger partial charge in [0.15, 0.2) is 0 Å². The van der Waals surface area contributed by atoms with E-state index in [1.807, 2.05) is 18.2 Å². The highest BCUT2D eigenvalue weighted by molar-refractivity contribution is 7.89. The van der Waals surface area contributed by atoms with E-state index in [0.29, 0.717) is 0 Å². The summed E-state index contributed by atoms with van der Waals surface area (Å²) in [6.45, 7) is 0.937. The molecule has 25 heavy (non-hydrogen) atoms. The van der Waals surface area contributed by atoms with E-state index in [9.17, 15) is 18.5 Å². The average Bonchev–Trinajstić information content (AvgIpc) is 2.61. The SMILES string of the molecule is CNS(=O)(=O)c1ccc(Nc2ccc3c(c2)CCCN3)c([N+](=O)[O-])c1. The topological polar surface area (TPSA) is 113 Å². The van der Waals surface area contributed by atoms with Crippen molar-refractivity contribution in [1.82, 2.24) is 4.72 Å². The summed E-state index contributed by atoms with van der Waals surface area (Å²) in [7, 11) is -2.49. The van der Waals surface area contributed by atoms with Gasteiger partial charge < -0.3 is 10.6 Å². The van der Waals surface area contributed by atoms with Crippen molar-refractivity contribution in [3.63, 3.8) is 0 Å². The van der Waals surface area contributed by atoms with Crippen LogP contribution in [0.5, 0.6) is 0 Å². The van der Waals surface area contributed by atoms with E-state index in [-0.39, 0.29) is 16.3 Å². The van der Waals surface area contributed by atoms with Gasteiger partial charge in [-0.1, -0.05) is 0 Å². The van der Waals surface area contributed by atoms with Gasteiger partial charge in [0, 0.05) is 24.0 Å². The minimum Gasteiger partial charge on any atom is -0.385 e.